The fourth-order valence-electron chi connectivity index (χ4n) is 2.19. The molecule has 0 amide bonds. The number of hydrogen-bond donors (Lipinski definition) is 1. The van der Waals surface area contributed by atoms with Crippen molar-refractivity contribution < 1.29 is 17.2 Å². The Morgan fingerprint density at radius 2 is 1.70 bits per heavy atom. The van der Waals surface area contributed by atoms with E-state index in [0.717, 1.165) is 17.7 Å². The molecule has 124 valence electrons. The van der Waals surface area contributed by atoms with Crippen molar-refractivity contribution >= 4 is 10.0 Å². The molecule has 0 aromatic heterocycles. The molecule has 0 bridgehead atoms. The van der Waals surface area contributed by atoms with Gasteiger partial charge in [-0.05, 0) is 37.9 Å². The Kier molecular flexibility index (Phi) is 5.46. The van der Waals surface area contributed by atoms with Gasteiger partial charge in [0.15, 0.2) is 11.6 Å². The third-order valence-corrected chi connectivity index (χ3v) is 4.90. The fourth-order valence-corrected chi connectivity index (χ4v) is 3.24. The third-order valence-electron chi connectivity index (χ3n) is 3.48. The summed E-state index contributed by atoms with van der Waals surface area (Å²) in [6.07, 6.45) is 0. The van der Waals surface area contributed by atoms with Crippen molar-refractivity contribution in [3.05, 3.63) is 65.7 Å². The van der Waals surface area contributed by atoms with Crippen LogP contribution in [0.15, 0.2) is 53.4 Å². The molecule has 7 heteroatoms. The molecule has 1 unspecified atom stereocenters. The lowest BCUT2D eigenvalue weighted by Crippen LogP contribution is -2.34. The van der Waals surface area contributed by atoms with E-state index in [1.807, 2.05) is 49.3 Å². The number of rotatable bonds is 6. The van der Waals surface area contributed by atoms with Crippen LogP contribution < -0.4 is 4.72 Å². The normalized spacial score (nSPS) is 13.3. The minimum atomic E-state index is -3.92. The van der Waals surface area contributed by atoms with Gasteiger partial charge in [0, 0.05) is 12.6 Å². The van der Waals surface area contributed by atoms with E-state index in [4.69, 9.17) is 0 Å². The maximum absolute atomic E-state index is 13.2. The van der Waals surface area contributed by atoms with Gasteiger partial charge >= 0.3 is 0 Å². The molecule has 1 N–H and O–H groups in total. The summed E-state index contributed by atoms with van der Waals surface area (Å²) in [4.78, 5) is 1.57. The Balaban J connectivity index is 2.18. The first-order valence-electron chi connectivity index (χ1n) is 6.97. The van der Waals surface area contributed by atoms with Crippen LogP contribution in [-0.2, 0) is 10.0 Å². The van der Waals surface area contributed by atoms with Gasteiger partial charge in [0.25, 0.3) is 0 Å². The molecule has 0 aliphatic rings. The van der Waals surface area contributed by atoms with E-state index in [2.05, 4.69) is 4.72 Å². The quantitative estimate of drug-likeness (QED) is 0.879. The van der Waals surface area contributed by atoms with E-state index in [1.165, 1.54) is 0 Å². The van der Waals surface area contributed by atoms with E-state index >= 15 is 0 Å². The molecule has 0 spiro atoms. The third kappa shape index (κ3) is 4.34. The molecule has 0 radical (unpaired) electrons. The summed E-state index contributed by atoms with van der Waals surface area (Å²) >= 11 is 0. The standard InChI is InChI=1S/C16H18F2N2O2S/c1-20(2)16(12-6-4-3-5-7-12)11-19-23(21,22)13-8-9-14(17)15(18)10-13/h3-10,16,19H,11H2,1-2H3. The van der Waals surface area contributed by atoms with Crippen molar-refractivity contribution in [3.8, 4) is 0 Å². The van der Waals surface area contributed by atoms with Crippen LogP contribution >= 0.6 is 0 Å². The van der Waals surface area contributed by atoms with Crippen molar-refractivity contribution in [2.75, 3.05) is 20.6 Å². The van der Waals surface area contributed by atoms with Gasteiger partial charge in [-0.2, -0.15) is 0 Å². The largest absolute Gasteiger partial charge is 0.301 e. The Hall–Kier alpha value is -1.83. The summed E-state index contributed by atoms with van der Waals surface area (Å²) in [5.41, 5.74) is 0.950. The van der Waals surface area contributed by atoms with Crippen molar-refractivity contribution in [2.24, 2.45) is 0 Å². The molecule has 23 heavy (non-hydrogen) atoms. The summed E-state index contributed by atoms with van der Waals surface area (Å²) in [6.45, 7) is 0.109. The van der Waals surface area contributed by atoms with E-state index in [9.17, 15) is 17.2 Å². The van der Waals surface area contributed by atoms with Crippen LogP contribution in [0, 0.1) is 11.6 Å². The first-order valence-corrected chi connectivity index (χ1v) is 8.45. The van der Waals surface area contributed by atoms with E-state index in [0.29, 0.717) is 6.07 Å². The molecule has 0 saturated carbocycles. The molecular weight excluding hydrogens is 322 g/mol. The second-order valence-electron chi connectivity index (χ2n) is 5.32. The zero-order valence-corrected chi connectivity index (χ0v) is 13.6. The monoisotopic (exact) mass is 340 g/mol. The molecule has 1 atom stereocenters. The minimum absolute atomic E-state index is 0.109. The lowest BCUT2D eigenvalue weighted by molar-refractivity contribution is 0.299. The lowest BCUT2D eigenvalue weighted by atomic mass is 10.1. The Labute approximate surface area is 134 Å². The smallest absolute Gasteiger partial charge is 0.240 e. The topological polar surface area (TPSA) is 49.4 Å². The lowest BCUT2D eigenvalue weighted by Gasteiger charge is -2.25. The van der Waals surface area contributed by atoms with Gasteiger partial charge in [0.1, 0.15) is 0 Å². The van der Waals surface area contributed by atoms with Gasteiger partial charge in [0.2, 0.25) is 10.0 Å². The molecule has 0 fully saturated rings. The summed E-state index contributed by atoms with van der Waals surface area (Å²) in [5, 5.41) is 0. The van der Waals surface area contributed by atoms with Crippen molar-refractivity contribution in [1.82, 2.24) is 9.62 Å². The van der Waals surface area contributed by atoms with E-state index < -0.39 is 21.7 Å². The van der Waals surface area contributed by atoms with Crippen LogP contribution in [0.4, 0.5) is 8.78 Å². The second-order valence-corrected chi connectivity index (χ2v) is 7.08. The fraction of sp³-hybridized carbons (Fsp3) is 0.250. The van der Waals surface area contributed by atoms with Crippen molar-refractivity contribution in [3.63, 3.8) is 0 Å². The number of nitrogens with one attached hydrogen (secondary N) is 1. The van der Waals surface area contributed by atoms with Crippen LogP contribution in [0.2, 0.25) is 0 Å². The van der Waals surface area contributed by atoms with E-state index in [-0.39, 0.29) is 17.5 Å². The molecule has 2 rings (SSSR count). The van der Waals surface area contributed by atoms with E-state index in [1.54, 1.807) is 0 Å². The van der Waals surface area contributed by atoms with Gasteiger partial charge in [-0.1, -0.05) is 30.3 Å². The molecule has 0 aliphatic carbocycles. The number of nitrogens with zero attached hydrogens (tertiary/aromatic N) is 1. The molecule has 0 aliphatic heterocycles. The highest BCUT2D eigenvalue weighted by molar-refractivity contribution is 7.89. The second kappa shape index (κ2) is 7.16. The average Bonchev–Trinajstić information content (AvgIpc) is 2.50. The van der Waals surface area contributed by atoms with Crippen LogP contribution in [0.5, 0.6) is 0 Å². The van der Waals surface area contributed by atoms with Gasteiger partial charge in [-0.3, -0.25) is 0 Å². The highest BCUT2D eigenvalue weighted by atomic mass is 32.2. The van der Waals surface area contributed by atoms with Crippen LogP contribution in [0.25, 0.3) is 0 Å². The van der Waals surface area contributed by atoms with Crippen LogP contribution in [0.1, 0.15) is 11.6 Å². The number of halogens is 2. The van der Waals surface area contributed by atoms with Crippen molar-refractivity contribution in [1.29, 1.82) is 0 Å². The van der Waals surface area contributed by atoms with Gasteiger partial charge < -0.3 is 4.90 Å². The van der Waals surface area contributed by atoms with Crippen molar-refractivity contribution in [2.45, 2.75) is 10.9 Å². The number of likely N-dealkylation sites (N-methyl/N-ethyl adjacent to an activating group) is 1. The number of hydrogen-bond acceptors (Lipinski definition) is 3. The molecule has 2 aromatic rings. The average molecular weight is 340 g/mol. The molecule has 4 nitrogen and oxygen atoms in total. The summed E-state index contributed by atoms with van der Waals surface area (Å²) in [5.74, 6) is -2.28. The molecule has 0 saturated heterocycles. The minimum Gasteiger partial charge on any atom is -0.301 e. The SMILES string of the molecule is CN(C)C(CNS(=O)(=O)c1ccc(F)c(F)c1)c1ccccc1. The summed E-state index contributed by atoms with van der Waals surface area (Å²) < 4.78 is 53.1. The van der Waals surface area contributed by atoms with Crippen LogP contribution in [-0.4, -0.2) is 34.0 Å². The predicted octanol–water partition coefficient (Wildman–Crippen LogP) is 2.55. The zero-order valence-electron chi connectivity index (χ0n) is 12.8. The maximum atomic E-state index is 13.2. The maximum Gasteiger partial charge on any atom is 0.240 e. The summed E-state index contributed by atoms with van der Waals surface area (Å²) in [6, 6.07) is 11.7. The Bertz CT molecular complexity index is 765. The highest BCUT2D eigenvalue weighted by Gasteiger charge is 2.20. The molecular formula is C16H18F2N2O2S. The Morgan fingerprint density at radius 1 is 1.04 bits per heavy atom. The predicted molar refractivity (Wildman–Crippen MR) is 84.4 cm³/mol. The van der Waals surface area contributed by atoms with Crippen LogP contribution in [0.3, 0.4) is 0 Å². The number of sulfonamides is 1. The number of benzene rings is 2. The zero-order chi connectivity index (χ0) is 17.0. The van der Waals surface area contributed by atoms with Gasteiger partial charge in [-0.25, -0.2) is 21.9 Å². The first kappa shape index (κ1) is 17.5. The molecule has 0 heterocycles. The summed E-state index contributed by atoms with van der Waals surface area (Å²) in [7, 11) is -0.246. The van der Waals surface area contributed by atoms with Gasteiger partial charge in [-0.15, -0.1) is 0 Å². The molecule has 2 aromatic carbocycles. The highest BCUT2D eigenvalue weighted by Crippen LogP contribution is 2.19. The Morgan fingerprint density at radius 3 is 2.26 bits per heavy atom. The van der Waals surface area contributed by atoms with Gasteiger partial charge in [0.05, 0.1) is 4.90 Å². The first-order chi connectivity index (χ1) is 10.8.